The molecule has 0 aliphatic rings. The van der Waals surface area contributed by atoms with E-state index in [2.05, 4.69) is 22.2 Å². The second-order valence-electron chi connectivity index (χ2n) is 4.69. The fourth-order valence-corrected chi connectivity index (χ4v) is 1.85. The summed E-state index contributed by atoms with van der Waals surface area (Å²) in [5.74, 6) is 0.589. The van der Waals surface area contributed by atoms with Crippen LogP contribution >= 0.6 is 0 Å². The highest BCUT2D eigenvalue weighted by Crippen LogP contribution is 2.13. The van der Waals surface area contributed by atoms with E-state index < -0.39 is 0 Å². The first-order valence-corrected chi connectivity index (χ1v) is 7.27. The highest BCUT2D eigenvalue weighted by atomic mass is 19.1. The van der Waals surface area contributed by atoms with E-state index in [0.29, 0.717) is 13.1 Å². The highest BCUT2D eigenvalue weighted by molar-refractivity contribution is 5.79. The molecule has 0 saturated carbocycles. The van der Waals surface area contributed by atoms with Gasteiger partial charge in [0.05, 0.1) is 0 Å². The van der Waals surface area contributed by atoms with Gasteiger partial charge in [-0.25, -0.2) is 4.39 Å². The zero-order chi connectivity index (χ0) is 15.5. The third kappa shape index (κ3) is 6.79. The molecule has 116 valence electrons. The van der Waals surface area contributed by atoms with Gasteiger partial charge in [-0.15, -0.1) is 6.58 Å². The first-order chi connectivity index (χ1) is 10.2. The average Bonchev–Trinajstić information content (AvgIpc) is 2.48. The van der Waals surface area contributed by atoms with Gasteiger partial charge in [-0.3, -0.25) is 4.99 Å². The summed E-state index contributed by atoms with van der Waals surface area (Å²) >= 11 is 0. The Balaban J connectivity index is 2.38. The minimum Gasteiger partial charge on any atom is -0.374 e. The number of hydrogen-bond donors (Lipinski definition) is 2. The first-order valence-electron chi connectivity index (χ1n) is 7.27. The SMILES string of the molecule is C=CCNC(=NCCCN(C)c1cccc(F)c1)NCC. The molecule has 0 atom stereocenters. The van der Waals surface area contributed by atoms with E-state index in [1.54, 1.807) is 18.2 Å². The molecule has 0 fully saturated rings. The quantitative estimate of drug-likeness (QED) is 0.334. The van der Waals surface area contributed by atoms with Gasteiger partial charge in [-0.05, 0) is 31.5 Å². The largest absolute Gasteiger partial charge is 0.374 e. The van der Waals surface area contributed by atoms with E-state index in [-0.39, 0.29) is 5.82 Å². The Morgan fingerprint density at radius 1 is 1.43 bits per heavy atom. The molecule has 21 heavy (non-hydrogen) atoms. The van der Waals surface area contributed by atoms with Crippen LogP contribution in [-0.2, 0) is 0 Å². The van der Waals surface area contributed by atoms with Crippen molar-refractivity contribution in [1.29, 1.82) is 0 Å². The van der Waals surface area contributed by atoms with E-state index in [1.807, 2.05) is 24.9 Å². The molecule has 0 spiro atoms. The van der Waals surface area contributed by atoms with Crippen molar-refractivity contribution >= 4 is 11.6 Å². The molecule has 0 bridgehead atoms. The van der Waals surface area contributed by atoms with Crippen molar-refractivity contribution in [3.8, 4) is 0 Å². The van der Waals surface area contributed by atoms with E-state index in [4.69, 9.17) is 0 Å². The molecule has 5 heteroatoms. The number of benzene rings is 1. The molecule has 1 aromatic carbocycles. The van der Waals surface area contributed by atoms with Crippen LogP contribution in [0.3, 0.4) is 0 Å². The Labute approximate surface area is 126 Å². The molecule has 1 rings (SSSR count). The molecule has 1 aromatic rings. The van der Waals surface area contributed by atoms with Gasteiger partial charge >= 0.3 is 0 Å². The number of aliphatic imine (C=N–C) groups is 1. The van der Waals surface area contributed by atoms with Crippen molar-refractivity contribution in [3.63, 3.8) is 0 Å². The zero-order valence-corrected chi connectivity index (χ0v) is 12.9. The van der Waals surface area contributed by atoms with Gasteiger partial charge in [0.2, 0.25) is 0 Å². The smallest absolute Gasteiger partial charge is 0.191 e. The molecule has 0 aliphatic carbocycles. The van der Waals surface area contributed by atoms with E-state index in [1.165, 1.54) is 6.07 Å². The lowest BCUT2D eigenvalue weighted by atomic mass is 10.2. The summed E-state index contributed by atoms with van der Waals surface area (Å²) in [5.41, 5.74) is 0.885. The molecule has 4 nitrogen and oxygen atoms in total. The minimum atomic E-state index is -0.208. The predicted octanol–water partition coefficient (Wildman–Crippen LogP) is 2.39. The van der Waals surface area contributed by atoms with Gasteiger partial charge in [0, 0.05) is 38.9 Å². The van der Waals surface area contributed by atoms with Crippen LogP contribution in [0.5, 0.6) is 0 Å². The zero-order valence-electron chi connectivity index (χ0n) is 12.9. The summed E-state index contributed by atoms with van der Waals surface area (Å²) in [6.45, 7) is 8.76. The summed E-state index contributed by atoms with van der Waals surface area (Å²) < 4.78 is 13.2. The molecular weight excluding hydrogens is 267 g/mol. The molecule has 0 aliphatic heterocycles. The van der Waals surface area contributed by atoms with Crippen molar-refractivity contribution in [1.82, 2.24) is 10.6 Å². The fourth-order valence-electron chi connectivity index (χ4n) is 1.85. The average molecular weight is 292 g/mol. The van der Waals surface area contributed by atoms with Gasteiger partial charge < -0.3 is 15.5 Å². The molecule has 0 radical (unpaired) electrons. The van der Waals surface area contributed by atoms with Crippen LogP contribution in [0, 0.1) is 5.82 Å². The van der Waals surface area contributed by atoms with Crippen molar-refractivity contribution in [2.45, 2.75) is 13.3 Å². The Hall–Kier alpha value is -2.04. The number of anilines is 1. The van der Waals surface area contributed by atoms with Crippen LogP contribution in [0.2, 0.25) is 0 Å². The maximum Gasteiger partial charge on any atom is 0.191 e. The molecular formula is C16H25FN4. The summed E-state index contributed by atoms with van der Waals surface area (Å²) in [4.78, 5) is 6.51. The standard InChI is InChI=1S/C16H25FN4/c1-4-10-19-16(18-5-2)20-11-7-12-21(3)15-9-6-8-14(17)13-15/h4,6,8-9,13H,1,5,7,10-12H2,2-3H3,(H2,18,19,20). The van der Waals surface area contributed by atoms with Crippen LogP contribution in [0.25, 0.3) is 0 Å². The molecule has 0 saturated heterocycles. The Morgan fingerprint density at radius 3 is 2.90 bits per heavy atom. The lowest BCUT2D eigenvalue weighted by Gasteiger charge is -2.18. The van der Waals surface area contributed by atoms with Crippen LogP contribution in [-0.4, -0.2) is 39.2 Å². The molecule has 0 heterocycles. The van der Waals surface area contributed by atoms with Crippen molar-refractivity contribution < 1.29 is 4.39 Å². The van der Waals surface area contributed by atoms with Crippen molar-refractivity contribution in [3.05, 3.63) is 42.7 Å². The van der Waals surface area contributed by atoms with Gasteiger partial charge in [0.15, 0.2) is 5.96 Å². The van der Waals surface area contributed by atoms with E-state index in [0.717, 1.165) is 31.2 Å². The summed E-state index contributed by atoms with van der Waals surface area (Å²) in [6, 6.07) is 6.62. The van der Waals surface area contributed by atoms with E-state index >= 15 is 0 Å². The number of rotatable bonds is 8. The third-order valence-electron chi connectivity index (χ3n) is 2.93. The lowest BCUT2D eigenvalue weighted by molar-refractivity contribution is 0.627. The van der Waals surface area contributed by atoms with Crippen molar-refractivity contribution in [2.24, 2.45) is 4.99 Å². The third-order valence-corrected chi connectivity index (χ3v) is 2.93. The Morgan fingerprint density at radius 2 is 2.24 bits per heavy atom. The van der Waals surface area contributed by atoms with Gasteiger partial charge in [0.1, 0.15) is 5.82 Å². The fraction of sp³-hybridized carbons (Fsp3) is 0.438. The van der Waals surface area contributed by atoms with Crippen LogP contribution in [0.15, 0.2) is 41.9 Å². The van der Waals surface area contributed by atoms with E-state index in [9.17, 15) is 4.39 Å². The number of guanidine groups is 1. The molecule has 0 unspecified atom stereocenters. The van der Waals surface area contributed by atoms with Crippen LogP contribution in [0.1, 0.15) is 13.3 Å². The summed E-state index contributed by atoms with van der Waals surface area (Å²) in [7, 11) is 1.96. The number of nitrogens with one attached hydrogen (secondary N) is 2. The maximum atomic E-state index is 13.2. The number of halogens is 1. The number of nitrogens with zero attached hydrogens (tertiary/aromatic N) is 2. The Kier molecular flexibility index (Phi) is 7.94. The topological polar surface area (TPSA) is 39.7 Å². The summed E-state index contributed by atoms with van der Waals surface area (Å²) in [6.07, 6.45) is 2.70. The first kappa shape index (κ1) is 17.0. The minimum absolute atomic E-state index is 0.208. The van der Waals surface area contributed by atoms with Gasteiger partial charge in [-0.2, -0.15) is 0 Å². The second kappa shape index (κ2) is 9.80. The normalized spacial score (nSPS) is 11.1. The maximum absolute atomic E-state index is 13.2. The Bertz CT molecular complexity index is 459. The molecule has 0 amide bonds. The molecule has 0 aromatic heterocycles. The lowest BCUT2D eigenvalue weighted by Crippen LogP contribution is -2.37. The predicted molar refractivity (Wildman–Crippen MR) is 88.5 cm³/mol. The molecule has 2 N–H and O–H groups in total. The van der Waals surface area contributed by atoms with Gasteiger partial charge in [-0.1, -0.05) is 12.1 Å². The van der Waals surface area contributed by atoms with Crippen LogP contribution < -0.4 is 15.5 Å². The highest BCUT2D eigenvalue weighted by Gasteiger charge is 2.01. The van der Waals surface area contributed by atoms with Crippen LogP contribution in [0.4, 0.5) is 10.1 Å². The van der Waals surface area contributed by atoms with Gasteiger partial charge in [0.25, 0.3) is 0 Å². The second-order valence-corrected chi connectivity index (χ2v) is 4.69. The monoisotopic (exact) mass is 292 g/mol. The summed E-state index contributed by atoms with van der Waals surface area (Å²) in [5, 5.41) is 6.33. The van der Waals surface area contributed by atoms with Crippen molar-refractivity contribution in [2.75, 3.05) is 38.1 Å². The number of hydrogen-bond acceptors (Lipinski definition) is 2.